The average molecular weight is 283 g/mol. The lowest BCUT2D eigenvalue weighted by molar-refractivity contribution is 0.127. The Bertz CT molecular complexity index is 252. The molecule has 1 saturated carbocycles. The number of rotatable bonds is 8. The molecule has 4 atom stereocenters. The van der Waals surface area contributed by atoms with E-state index in [2.05, 4.69) is 52.0 Å². The molecule has 0 aromatic rings. The van der Waals surface area contributed by atoms with Crippen molar-refractivity contribution in [3.05, 3.63) is 0 Å². The molecule has 0 heterocycles. The van der Waals surface area contributed by atoms with Crippen molar-refractivity contribution in [1.29, 1.82) is 0 Å². The van der Waals surface area contributed by atoms with Crippen LogP contribution >= 0.6 is 0 Å². The summed E-state index contributed by atoms with van der Waals surface area (Å²) < 4.78 is 0. The molecule has 0 aromatic carbocycles. The first-order valence-electron chi connectivity index (χ1n) is 8.85. The van der Waals surface area contributed by atoms with Gasteiger partial charge in [-0.1, -0.05) is 33.6 Å². The van der Waals surface area contributed by atoms with Crippen LogP contribution in [0.4, 0.5) is 0 Å². The van der Waals surface area contributed by atoms with E-state index in [-0.39, 0.29) is 0 Å². The van der Waals surface area contributed by atoms with E-state index in [9.17, 15) is 0 Å². The molecule has 0 bridgehead atoms. The Kier molecular flexibility index (Phi) is 8.13. The van der Waals surface area contributed by atoms with Gasteiger partial charge in [-0.3, -0.25) is 0 Å². The third kappa shape index (κ3) is 5.73. The van der Waals surface area contributed by atoms with Gasteiger partial charge in [0, 0.05) is 18.6 Å². The SMILES string of the molecule is CCCC1CCC(NC)C(CN(C)C(C)CC(C)C)C1. The predicted octanol–water partition coefficient (Wildman–Crippen LogP) is 4.16. The maximum Gasteiger partial charge on any atom is 0.0105 e. The van der Waals surface area contributed by atoms with Crippen LogP contribution in [0.5, 0.6) is 0 Å². The molecule has 1 rings (SSSR count). The van der Waals surface area contributed by atoms with E-state index in [1.165, 1.54) is 45.1 Å². The molecule has 0 radical (unpaired) electrons. The van der Waals surface area contributed by atoms with Gasteiger partial charge in [-0.05, 0) is 64.5 Å². The molecule has 120 valence electrons. The van der Waals surface area contributed by atoms with Crippen molar-refractivity contribution in [1.82, 2.24) is 10.2 Å². The summed E-state index contributed by atoms with van der Waals surface area (Å²) >= 11 is 0. The highest BCUT2D eigenvalue weighted by Gasteiger charge is 2.30. The Morgan fingerprint density at radius 3 is 2.45 bits per heavy atom. The fourth-order valence-electron chi connectivity index (χ4n) is 4.03. The van der Waals surface area contributed by atoms with Crippen LogP contribution in [0.2, 0.25) is 0 Å². The third-order valence-electron chi connectivity index (χ3n) is 5.25. The molecular weight excluding hydrogens is 244 g/mol. The van der Waals surface area contributed by atoms with E-state index >= 15 is 0 Å². The Labute approximate surface area is 127 Å². The van der Waals surface area contributed by atoms with Crippen LogP contribution in [0.15, 0.2) is 0 Å². The zero-order valence-corrected chi connectivity index (χ0v) is 14.8. The highest BCUT2D eigenvalue weighted by Crippen LogP contribution is 2.33. The molecule has 1 aliphatic carbocycles. The molecule has 20 heavy (non-hydrogen) atoms. The van der Waals surface area contributed by atoms with Crippen molar-refractivity contribution in [2.75, 3.05) is 20.6 Å². The van der Waals surface area contributed by atoms with Crippen molar-refractivity contribution >= 4 is 0 Å². The minimum Gasteiger partial charge on any atom is -0.317 e. The molecule has 0 amide bonds. The highest BCUT2D eigenvalue weighted by molar-refractivity contribution is 4.86. The van der Waals surface area contributed by atoms with Gasteiger partial charge in [-0.2, -0.15) is 0 Å². The third-order valence-corrected chi connectivity index (χ3v) is 5.25. The van der Waals surface area contributed by atoms with E-state index in [1.54, 1.807) is 0 Å². The largest absolute Gasteiger partial charge is 0.317 e. The molecule has 0 aromatic heterocycles. The van der Waals surface area contributed by atoms with Crippen LogP contribution in [0, 0.1) is 17.8 Å². The van der Waals surface area contributed by atoms with Crippen LogP contribution in [0.1, 0.15) is 66.2 Å². The number of hydrogen-bond donors (Lipinski definition) is 1. The summed E-state index contributed by atoms with van der Waals surface area (Å²) in [6, 6.07) is 1.44. The summed E-state index contributed by atoms with van der Waals surface area (Å²) in [6.07, 6.45) is 8.32. The maximum atomic E-state index is 3.58. The van der Waals surface area contributed by atoms with Gasteiger partial charge in [0.05, 0.1) is 0 Å². The van der Waals surface area contributed by atoms with Crippen molar-refractivity contribution in [3.8, 4) is 0 Å². The number of nitrogens with one attached hydrogen (secondary N) is 1. The monoisotopic (exact) mass is 282 g/mol. The number of nitrogens with zero attached hydrogens (tertiary/aromatic N) is 1. The lowest BCUT2D eigenvalue weighted by Gasteiger charge is -2.39. The zero-order valence-electron chi connectivity index (χ0n) is 14.8. The molecule has 0 saturated heterocycles. The minimum absolute atomic E-state index is 0.707. The molecule has 2 nitrogen and oxygen atoms in total. The molecule has 4 unspecified atom stereocenters. The first kappa shape index (κ1) is 18.0. The Hall–Kier alpha value is -0.0800. The normalized spacial score (nSPS) is 29.1. The van der Waals surface area contributed by atoms with Gasteiger partial charge in [-0.25, -0.2) is 0 Å². The van der Waals surface area contributed by atoms with Gasteiger partial charge in [0.1, 0.15) is 0 Å². The second-order valence-electron chi connectivity index (χ2n) is 7.54. The quantitative estimate of drug-likeness (QED) is 0.719. The van der Waals surface area contributed by atoms with Crippen LogP contribution in [-0.4, -0.2) is 37.6 Å². The fourth-order valence-corrected chi connectivity index (χ4v) is 4.03. The topological polar surface area (TPSA) is 15.3 Å². The van der Waals surface area contributed by atoms with Crippen molar-refractivity contribution in [2.24, 2.45) is 17.8 Å². The number of hydrogen-bond acceptors (Lipinski definition) is 2. The lowest BCUT2D eigenvalue weighted by Crippen LogP contribution is -2.45. The van der Waals surface area contributed by atoms with E-state index < -0.39 is 0 Å². The lowest BCUT2D eigenvalue weighted by atomic mass is 9.76. The summed E-state index contributed by atoms with van der Waals surface area (Å²) in [5.41, 5.74) is 0. The molecule has 1 N–H and O–H groups in total. The highest BCUT2D eigenvalue weighted by atomic mass is 15.1. The average Bonchev–Trinajstić information content (AvgIpc) is 2.38. The van der Waals surface area contributed by atoms with Gasteiger partial charge in [0.2, 0.25) is 0 Å². The van der Waals surface area contributed by atoms with Crippen LogP contribution < -0.4 is 5.32 Å². The summed E-state index contributed by atoms with van der Waals surface area (Å²) in [7, 11) is 4.47. The van der Waals surface area contributed by atoms with Crippen molar-refractivity contribution in [2.45, 2.75) is 78.3 Å². The minimum atomic E-state index is 0.707. The van der Waals surface area contributed by atoms with E-state index in [4.69, 9.17) is 0 Å². The first-order valence-corrected chi connectivity index (χ1v) is 8.85. The smallest absolute Gasteiger partial charge is 0.0105 e. The summed E-state index contributed by atoms with van der Waals surface area (Å²) in [5.74, 6) is 2.61. The van der Waals surface area contributed by atoms with Crippen molar-refractivity contribution in [3.63, 3.8) is 0 Å². The zero-order chi connectivity index (χ0) is 15.1. The fraction of sp³-hybridized carbons (Fsp3) is 1.00. The van der Waals surface area contributed by atoms with Crippen LogP contribution in [0.25, 0.3) is 0 Å². The molecule has 1 fully saturated rings. The van der Waals surface area contributed by atoms with E-state index in [0.29, 0.717) is 6.04 Å². The Morgan fingerprint density at radius 2 is 1.90 bits per heavy atom. The second kappa shape index (κ2) is 9.04. The van der Waals surface area contributed by atoms with Gasteiger partial charge in [-0.15, -0.1) is 0 Å². The molecule has 2 heteroatoms. The first-order chi connectivity index (χ1) is 9.47. The predicted molar refractivity (Wildman–Crippen MR) is 90.1 cm³/mol. The van der Waals surface area contributed by atoms with Gasteiger partial charge in [0.25, 0.3) is 0 Å². The molecular formula is C18H38N2. The Balaban J connectivity index is 2.51. The summed E-state index contributed by atoms with van der Waals surface area (Å²) in [4.78, 5) is 2.60. The van der Waals surface area contributed by atoms with Crippen LogP contribution in [0.3, 0.4) is 0 Å². The maximum absolute atomic E-state index is 3.58. The summed E-state index contributed by atoms with van der Waals surface area (Å²) in [6.45, 7) is 10.6. The van der Waals surface area contributed by atoms with Gasteiger partial charge < -0.3 is 10.2 Å². The molecule has 1 aliphatic rings. The molecule has 0 aliphatic heterocycles. The van der Waals surface area contributed by atoms with Gasteiger partial charge in [0.15, 0.2) is 0 Å². The van der Waals surface area contributed by atoms with Crippen LogP contribution in [-0.2, 0) is 0 Å². The standard InChI is InChI=1S/C18H38N2/c1-7-8-16-9-10-18(19-5)17(12-16)13-20(6)15(4)11-14(2)3/h14-19H,7-13H2,1-6H3. The Morgan fingerprint density at radius 1 is 1.20 bits per heavy atom. The second-order valence-corrected chi connectivity index (χ2v) is 7.54. The molecule has 0 spiro atoms. The summed E-state index contributed by atoms with van der Waals surface area (Å²) in [5, 5.41) is 3.58. The van der Waals surface area contributed by atoms with Gasteiger partial charge >= 0.3 is 0 Å². The van der Waals surface area contributed by atoms with E-state index in [1.807, 2.05) is 0 Å². The van der Waals surface area contributed by atoms with E-state index in [0.717, 1.165) is 23.8 Å². The van der Waals surface area contributed by atoms with Crippen molar-refractivity contribution < 1.29 is 0 Å².